The van der Waals surface area contributed by atoms with Gasteiger partial charge in [0.15, 0.2) is 0 Å². The summed E-state index contributed by atoms with van der Waals surface area (Å²) in [6, 6.07) is 2.64. The van der Waals surface area contributed by atoms with Gasteiger partial charge in [0, 0.05) is 32.7 Å². The lowest BCUT2D eigenvalue weighted by Gasteiger charge is -2.34. The van der Waals surface area contributed by atoms with Gasteiger partial charge in [-0.1, -0.05) is 13.8 Å². The zero-order valence-corrected chi connectivity index (χ0v) is 19.5. The first-order valence-corrected chi connectivity index (χ1v) is 12.7. The third-order valence-electron chi connectivity index (χ3n) is 4.97. The van der Waals surface area contributed by atoms with E-state index in [1.54, 1.807) is 12.1 Å². The smallest absolute Gasteiger partial charge is 0.253 e. The number of nitrogens with one attached hydrogen (secondary N) is 1. The van der Waals surface area contributed by atoms with E-state index < -0.39 is 16.1 Å². The molecule has 0 aromatic carbocycles. The molecular formula is C18H28BrN3O4S2. The van der Waals surface area contributed by atoms with E-state index in [2.05, 4.69) is 40.0 Å². The van der Waals surface area contributed by atoms with E-state index in [0.29, 0.717) is 38.5 Å². The molecular weight excluding hydrogens is 466 g/mol. The van der Waals surface area contributed by atoms with Crippen LogP contribution < -0.4 is 5.32 Å². The molecule has 3 heterocycles. The lowest BCUT2D eigenvalue weighted by atomic mass is 10.1. The van der Waals surface area contributed by atoms with Crippen LogP contribution in [0.4, 0.5) is 0 Å². The predicted molar refractivity (Wildman–Crippen MR) is 113 cm³/mol. The van der Waals surface area contributed by atoms with Crippen LogP contribution in [0.5, 0.6) is 0 Å². The summed E-state index contributed by atoms with van der Waals surface area (Å²) in [5.74, 6) is 0.351. The number of hydrogen-bond donors (Lipinski definition) is 1. The molecule has 2 aliphatic heterocycles. The van der Waals surface area contributed by atoms with Crippen LogP contribution in [0.3, 0.4) is 0 Å². The van der Waals surface area contributed by atoms with Gasteiger partial charge in [0.2, 0.25) is 5.91 Å². The van der Waals surface area contributed by atoms with E-state index in [1.165, 1.54) is 15.6 Å². The molecule has 0 spiro atoms. The minimum atomic E-state index is -3.66. The number of halogens is 1. The molecule has 158 valence electrons. The van der Waals surface area contributed by atoms with Gasteiger partial charge >= 0.3 is 0 Å². The fourth-order valence-electron chi connectivity index (χ4n) is 3.76. The Morgan fingerprint density at radius 2 is 2.18 bits per heavy atom. The summed E-state index contributed by atoms with van der Waals surface area (Å²) in [6.45, 7) is 8.52. The minimum Gasteiger partial charge on any atom is -0.374 e. The second-order valence-corrected chi connectivity index (χ2v) is 12.3. The van der Waals surface area contributed by atoms with Crippen molar-refractivity contribution >= 4 is 43.2 Å². The zero-order valence-electron chi connectivity index (χ0n) is 16.3. The summed E-state index contributed by atoms with van der Waals surface area (Å²) in [6.07, 6.45) is 1.17. The number of amides is 1. The predicted octanol–water partition coefficient (Wildman–Crippen LogP) is 2.14. The third-order valence-corrected chi connectivity index (χ3v) is 8.97. The molecule has 10 heteroatoms. The summed E-state index contributed by atoms with van der Waals surface area (Å²) in [5, 5.41) is 2.92. The van der Waals surface area contributed by atoms with Crippen LogP contribution in [0.2, 0.25) is 0 Å². The number of carbonyl (C=O) groups excluding carboxylic acids is 1. The molecule has 0 aliphatic carbocycles. The first-order chi connectivity index (χ1) is 13.3. The Morgan fingerprint density at radius 3 is 2.86 bits per heavy atom. The molecule has 0 bridgehead atoms. The Hall–Kier alpha value is -0.520. The first kappa shape index (κ1) is 22.2. The second-order valence-electron chi connectivity index (χ2n) is 7.72. The summed E-state index contributed by atoms with van der Waals surface area (Å²) < 4.78 is 34.0. The lowest BCUT2D eigenvalue weighted by Crippen LogP contribution is -2.51. The number of morpholine rings is 1. The number of thiophene rings is 1. The topological polar surface area (TPSA) is 79.0 Å². The van der Waals surface area contributed by atoms with Crippen LogP contribution >= 0.6 is 27.3 Å². The standard InChI is InChI=1S/C18H28BrN3O4S2/c1-13(2)11-21-8-9-26-14(12-21)10-20-18(23)15-4-3-7-22(15)28(24,25)17-6-5-16(19)27-17/h5-6,13-15H,3-4,7-12H2,1-2H3,(H,20,23). The Bertz CT molecular complexity index is 784. The Labute approximate surface area is 179 Å². The fourth-order valence-corrected chi connectivity index (χ4v) is 7.56. The number of ether oxygens (including phenoxy) is 1. The van der Waals surface area contributed by atoms with Gasteiger partial charge in [-0.15, -0.1) is 11.3 Å². The van der Waals surface area contributed by atoms with E-state index >= 15 is 0 Å². The van der Waals surface area contributed by atoms with E-state index in [1.807, 2.05) is 0 Å². The fraction of sp³-hybridized carbons (Fsp3) is 0.722. The molecule has 1 N–H and O–H groups in total. The highest BCUT2D eigenvalue weighted by Crippen LogP contribution is 2.32. The van der Waals surface area contributed by atoms with Crippen molar-refractivity contribution in [2.24, 2.45) is 5.92 Å². The molecule has 0 radical (unpaired) electrons. The minimum absolute atomic E-state index is 0.0591. The molecule has 2 unspecified atom stereocenters. The molecule has 1 aromatic heterocycles. The maximum Gasteiger partial charge on any atom is 0.253 e. The maximum absolute atomic E-state index is 12.9. The van der Waals surface area contributed by atoms with Gasteiger partial charge in [-0.3, -0.25) is 9.69 Å². The van der Waals surface area contributed by atoms with Crippen LogP contribution in [0.1, 0.15) is 26.7 Å². The largest absolute Gasteiger partial charge is 0.374 e. The van der Waals surface area contributed by atoms with Crippen molar-refractivity contribution in [2.75, 3.05) is 39.3 Å². The normalized spacial score (nSPS) is 24.7. The molecule has 2 saturated heterocycles. The van der Waals surface area contributed by atoms with E-state index in [0.717, 1.165) is 23.4 Å². The first-order valence-electron chi connectivity index (χ1n) is 9.66. The monoisotopic (exact) mass is 493 g/mol. The van der Waals surface area contributed by atoms with Crippen molar-refractivity contribution in [3.63, 3.8) is 0 Å². The average Bonchev–Trinajstić information content (AvgIpc) is 3.29. The van der Waals surface area contributed by atoms with Gasteiger partial charge in [-0.25, -0.2) is 8.42 Å². The number of carbonyl (C=O) groups is 1. The average molecular weight is 494 g/mol. The van der Waals surface area contributed by atoms with Gasteiger partial charge in [-0.2, -0.15) is 4.31 Å². The van der Waals surface area contributed by atoms with E-state index in [-0.39, 0.29) is 16.2 Å². The Morgan fingerprint density at radius 1 is 1.39 bits per heavy atom. The van der Waals surface area contributed by atoms with Crippen LogP contribution in [0, 0.1) is 5.92 Å². The van der Waals surface area contributed by atoms with Crippen LogP contribution in [-0.2, 0) is 19.6 Å². The molecule has 7 nitrogen and oxygen atoms in total. The molecule has 1 aromatic rings. The van der Waals surface area contributed by atoms with Crippen LogP contribution in [0.15, 0.2) is 20.1 Å². The van der Waals surface area contributed by atoms with Gasteiger partial charge in [-0.05, 0) is 46.8 Å². The summed E-state index contributed by atoms with van der Waals surface area (Å²) in [5.41, 5.74) is 0. The maximum atomic E-state index is 12.9. The van der Waals surface area contributed by atoms with Crippen LogP contribution in [0.25, 0.3) is 0 Å². The second kappa shape index (κ2) is 9.53. The zero-order chi connectivity index (χ0) is 20.3. The van der Waals surface area contributed by atoms with E-state index in [4.69, 9.17) is 4.74 Å². The lowest BCUT2D eigenvalue weighted by molar-refractivity contribution is -0.125. The molecule has 2 fully saturated rings. The molecule has 28 heavy (non-hydrogen) atoms. The number of sulfonamides is 1. The molecule has 0 saturated carbocycles. The van der Waals surface area contributed by atoms with Crippen molar-refractivity contribution < 1.29 is 17.9 Å². The summed E-state index contributed by atoms with van der Waals surface area (Å²) >= 11 is 4.47. The SMILES string of the molecule is CC(C)CN1CCOC(CNC(=O)C2CCCN2S(=O)(=O)c2ccc(Br)s2)C1. The van der Waals surface area contributed by atoms with Gasteiger partial charge in [0.25, 0.3) is 10.0 Å². The van der Waals surface area contributed by atoms with Crippen molar-refractivity contribution in [1.82, 2.24) is 14.5 Å². The summed E-state index contributed by atoms with van der Waals surface area (Å²) in [4.78, 5) is 15.1. The Balaban J connectivity index is 1.58. The molecule has 3 rings (SSSR count). The van der Waals surface area contributed by atoms with Crippen molar-refractivity contribution in [3.8, 4) is 0 Å². The molecule has 1 amide bonds. The van der Waals surface area contributed by atoms with Crippen molar-refractivity contribution in [2.45, 2.75) is 43.0 Å². The highest BCUT2D eigenvalue weighted by molar-refractivity contribution is 9.11. The van der Waals surface area contributed by atoms with Gasteiger partial charge in [0.1, 0.15) is 10.3 Å². The third kappa shape index (κ3) is 5.34. The molecule has 2 atom stereocenters. The van der Waals surface area contributed by atoms with Crippen molar-refractivity contribution in [3.05, 3.63) is 15.9 Å². The number of nitrogens with zero attached hydrogens (tertiary/aromatic N) is 2. The quantitative estimate of drug-likeness (QED) is 0.629. The summed E-state index contributed by atoms with van der Waals surface area (Å²) in [7, 11) is -3.66. The van der Waals surface area contributed by atoms with Crippen LogP contribution in [-0.4, -0.2) is 75.0 Å². The van der Waals surface area contributed by atoms with Crippen molar-refractivity contribution in [1.29, 1.82) is 0 Å². The highest BCUT2D eigenvalue weighted by Gasteiger charge is 2.40. The van der Waals surface area contributed by atoms with Gasteiger partial charge < -0.3 is 10.1 Å². The number of hydrogen-bond acceptors (Lipinski definition) is 6. The van der Waals surface area contributed by atoms with Gasteiger partial charge in [0.05, 0.1) is 16.5 Å². The Kier molecular flexibility index (Phi) is 7.54. The number of rotatable bonds is 7. The highest BCUT2D eigenvalue weighted by atomic mass is 79.9. The molecule has 2 aliphatic rings. The van der Waals surface area contributed by atoms with E-state index in [9.17, 15) is 13.2 Å².